The number of carbonyl (C=O) groups excluding carboxylic acids is 1. The molecule has 0 aliphatic carbocycles. The molecule has 1 N–H and O–H groups in total. The standard InChI is InChI=1S/C21H24ClN3O3/c22-17-12-16(13-18-19(17)28-11-5-10-27-18)21(26)24-14-15-6-4-7-23-20(15)25-8-2-1-3-9-25/h4,6-7,12-13H,1-3,5,8-11,14H2,(H,24,26). The average Bonchev–Trinajstić information content (AvgIpc) is 2.99. The summed E-state index contributed by atoms with van der Waals surface area (Å²) in [6.45, 7) is 3.53. The van der Waals surface area contributed by atoms with Crippen LogP contribution < -0.4 is 19.7 Å². The molecule has 0 unspecified atom stereocenters. The molecular weight excluding hydrogens is 378 g/mol. The van der Waals surface area contributed by atoms with Crippen LogP contribution in [-0.4, -0.2) is 37.2 Å². The quantitative estimate of drug-likeness (QED) is 0.843. The molecule has 1 aromatic carbocycles. The first-order chi connectivity index (χ1) is 13.7. The van der Waals surface area contributed by atoms with Gasteiger partial charge in [-0.2, -0.15) is 0 Å². The Balaban J connectivity index is 1.48. The second-order valence-electron chi connectivity index (χ2n) is 7.05. The van der Waals surface area contributed by atoms with Gasteiger partial charge in [-0.05, 0) is 37.5 Å². The summed E-state index contributed by atoms with van der Waals surface area (Å²) in [5.74, 6) is 1.78. The number of hydrogen-bond donors (Lipinski definition) is 1. The Morgan fingerprint density at radius 3 is 2.82 bits per heavy atom. The van der Waals surface area contributed by atoms with Crippen LogP contribution in [0.2, 0.25) is 5.02 Å². The number of benzene rings is 1. The smallest absolute Gasteiger partial charge is 0.251 e. The lowest BCUT2D eigenvalue weighted by Crippen LogP contribution is -2.32. The molecule has 0 spiro atoms. The molecule has 1 fully saturated rings. The molecule has 6 nitrogen and oxygen atoms in total. The fourth-order valence-electron chi connectivity index (χ4n) is 3.60. The number of nitrogens with one attached hydrogen (secondary N) is 1. The van der Waals surface area contributed by atoms with Gasteiger partial charge in [-0.25, -0.2) is 4.98 Å². The van der Waals surface area contributed by atoms with E-state index in [1.807, 2.05) is 12.1 Å². The first-order valence-electron chi connectivity index (χ1n) is 9.78. The van der Waals surface area contributed by atoms with E-state index in [0.717, 1.165) is 30.9 Å². The van der Waals surface area contributed by atoms with Crippen molar-refractivity contribution in [1.29, 1.82) is 0 Å². The molecule has 0 bridgehead atoms. The Hall–Kier alpha value is -2.47. The van der Waals surface area contributed by atoms with Crippen molar-refractivity contribution in [3.63, 3.8) is 0 Å². The van der Waals surface area contributed by atoms with Gasteiger partial charge in [0.2, 0.25) is 0 Å². The maximum atomic E-state index is 12.7. The van der Waals surface area contributed by atoms with Crippen LogP contribution in [0.4, 0.5) is 5.82 Å². The van der Waals surface area contributed by atoms with Crippen LogP contribution in [0.15, 0.2) is 30.5 Å². The number of pyridine rings is 1. The van der Waals surface area contributed by atoms with Crippen LogP contribution in [0.3, 0.4) is 0 Å². The van der Waals surface area contributed by atoms with Gasteiger partial charge in [0, 0.05) is 43.4 Å². The molecule has 0 radical (unpaired) electrons. The summed E-state index contributed by atoms with van der Waals surface area (Å²) in [5, 5.41) is 3.37. The Morgan fingerprint density at radius 1 is 1.14 bits per heavy atom. The van der Waals surface area contributed by atoms with Crippen molar-refractivity contribution in [2.75, 3.05) is 31.2 Å². The molecule has 28 heavy (non-hydrogen) atoms. The molecule has 2 aliphatic heterocycles. The molecule has 1 amide bonds. The van der Waals surface area contributed by atoms with Gasteiger partial charge in [0.25, 0.3) is 5.91 Å². The number of piperidine rings is 1. The number of ether oxygens (including phenoxy) is 2. The van der Waals surface area contributed by atoms with E-state index in [0.29, 0.717) is 41.8 Å². The van der Waals surface area contributed by atoms with Gasteiger partial charge in [0.15, 0.2) is 11.5 Å². The van der Waals surface area contributed by atoms with E-state index in [-0.39, 0.29) is 5.91 Å². The summed E-state index contributed by atoms with van der Waals surface area (Å²) in [7, 11) is 0. The van der Waals surface area contributed by atoms with Crippen molar-refractivity contribution >= 4 is 23.3 Å². The predicted octanol–water partition coefficient (Wildman–Crippen LogP) is 3.82. The van der Waals surface area contributed by atoms with E-state index in [9.17, 15) is 4.79 Å². The van der Waals surface area contributed by atoms with E-state index in [4.69, 9.17) is 21.1 Å². The van der Waals surface area contributed by atoms with Gasteiger partial charge in [-0.3, -0.25) is 4.79 Å². The van der Waals surface area contributed by atoms with Crippen LogP contribution in [0.1, 0.15) is 41.6 Å². The first kappa shape index (κ1) is 18.9. The molecule has 1 saturated heterocycles. The number of hydrogen-bond acceptors (Lipinski definition) is 5. The fraction of sp³-hybridized carbons (Fsp3) is 0.429. The Bertz CT molecular complexity index is 853. The van der Waals surface area contributed by atoms with Crippen LogP contribution >= 0.6 is 11.6 Å². The summed E-state index contributed by atoms with van der Waals surface area (Å²) in [6.07, 6.45) is 6.21. The molecule has 3 heterocycles. The Labute approximate surface area is 169 Å². The summed E-state index contributed by atoms with van der Waals surface area (Å²) in [4.78, 5) is 19.6. The summed E-state index contributed by atoms with van der Waals surface area (Å²) < 4.78 is 11.3. The van der Waals surface area contributed by atoms with Crippen LogP contribution in [0, 0.1) is 0 Å². The lowest BCUT2D eigenvalue weighted by molar-refractivity contribution is 0.0950. The van der Waals surface area contributed by atoms with E-state index >= 15 is 0 Å². The number of anilines is 1. The number of aromatic nitrogens is 1. The molecule has 148 valence electrons. The molecule has 7 heteroatoms. The van der Waals surface area contributed by atoms with E-state index < -0.39 is 0 Å². The summed E-state index contributed by atoms with van der Waals surface area (Å²) in [6, 6.07) is 7.23. The normalized spacial score (nSPS) is 16.4. The second kappa shape index (κ2) is 8.69. The highest BCUT2D eigenvalue weighted by atomic mass is 35.5. The van der Waals surface area contributed by atoms with E-state index in [2.05, 4.69) is 15.2 Å². The summed E-state index contributed by atoms with van der Waals surface area (Å²) in [5.41, 5.74) is 1.47. The zero-order valence-electron chi connectivity index (χ0n) is 15.7. The van der Waals surface area contributed by atoms with Crippen molar-refractivity contribution < 1.29 is 14.3 Å². The van der Waals surface area contributed by atoms with Crippen LogP contribution in [0.25, 0.3) is 0 Å². The van der Waals surface area contributed by atoms with Crippen molar-refractivity contribution in [3.05, 3.63) is 46.6 Å². The summed E-state index contributed by atoms with van der Waals surface area (Å²) >= 11 is 6.31. The van der Waals surface area contributed by atoms with Crippen molar-refractivity contribution in [2.24, 2.45) is 0 Å². The zero-order valence-corrected chi connectivity index (χ0v) is 16.5. The van der Waals surface area contributed by atoms with Gasteiger partial charge in [-0.15, -0.1) is 0 Å². The third-order valence-corrected chi connectivity index (χ3v) is 5.31. The van der Waals surface area contributed by atoms with Crippen LogP contribution in [-0.2, 0) is 6.54 Å². The number of halogens is 1. The van der Waals surface area contributed by atoms with Crippen molar-refractivity contribution in [3.8, 4) is 11.5 Å². The third-order valence-electron chi connectivity index (χ3n) is 5.03. The molecular formula is C21H24ClN3O3. The third kappa shape index (κ3) is 4.17. The SMILES string of the molecule is O=C(NCc1cccnc1N1CCCCC1)c1cc(Cl)c2c(c1)OCCCO2. The number of fused-ring (bicyclic) bond motifs is 1. The van der Waals surface area contributed by atoms with Gasteiger partial charge < -0.3 is 19.7 Å². The molecule has 0 atom stereocenters. The zero-order chi connectivity index (χ0) is 19.3. The Kier molecular flexibility index (Phi) is 5.86. The van der Waals surface area contributed by atoms with Gasteiger partial charge in [0.1, 0.15) is 5.82 Å². The lowest BCUT2D eigenvalue weighted by atomic mass is 10.1. The topological polar surface area (TPSA) is 63.7 Å². The highest BCUT2D eigenvalue weighted by molar-refractivity contribution is 6.32. The van der Waals surface area contributed by atoms with Crippen LogP contribution in [0.5, 0.6) is 11.5 Å². The predicted molar refractivity (Wildman–Crippen MR) is 109 cm³/mol. The van der Waals surface area contributed by atoms with Gasteiger partial charge >= 0.3 is 0 Å². The molecule has 0 saturated carbocycles. The first-order valence-corrected chi connectivity index (χ1v) is 10.2. The molecule has 2 aliphatic rings. The van der Waals surface area contributed by atoms with Crippen molar-refractivity contribution in [2.45, 2.75) is 32.2 Å². The van der Waals surface area contributed by atoms with Gasteiger partial charge in [-0.1, -0.05) is 17.7 Å². The molecule has 2 aromatic rings. The second-order valence-corrected chi connectivity index (χ2v) is 7.46. The fourth-order valence-corrected chi connectivity index (χ4v) is 3.86. The minimum Gasteiger partial charge on any atom is -0.489 e. The largest absolute Gasteiger partial charge is 0.489 e. The van der Waals surface area contributed by atoms with Gasteiger partial charge in [0.05, 0.1) is 18.2 Å². The highest BCUT2D eigenvalue weighted by Crippen LogP contribution is 2.38. The average molecular weight is 402 g/mol. The maximum absolute atomic E-state index is 12.7. The Morgan fingerprint density at radius 2 is 1.96 bits per heavy atom. The monoisotopic (exact) mass is 401 g/mol. The lowest BCUT2D eigenvalue weighted by Gasteiger charge is -2.29. The minimum absolute atomic E-state index is 0.203. The number of rotatable bonds is 4. The highest BCUT2D eigenvalue weighted by Gasteiger charge is 2.19. The number of carbonyl (C=O) groups is 1. The number of nitrogens with zero attached hydrogens (tertiary/aromatic N) is 2. The van der Waals surface area contributed by atoms with E-state index in [1.54, 1.807) is 18.3 Å². The maximum Gasteiger partial charge on any atom is 0.251 e. The van der Waals surface area contributed by atoms with E-state index in [1.165, 1.54) is 19.3 Å². The van der Waals surface area contributed by atoms with Crippen molar-refractivity contribution in [1.82, 2.24) is 10.3 Å². The molecule has 4 rings (SSSR count). The minimum atomic E-state index is -0.203. The number of amides is 1. The molecule has 1 aromatic heterocycles.